The summed E-state index contributed by atoms with van der Waals surface area (Å²) in [6.45, 7) is 16.4. The second-order valence-electron chi connectivity index (χ2n) is 7.64. The fraction of sp³-hybridized carbons (Fsp3) is 0.700. The summed E-state index contributed by atoms with van der Waals surface area (Å²) in [5, 5.41) is 3.76. The minimum Gasteiger partial charge on any atom is -0.310 e. The van der Waals surface area contributed by atoms with E-state index in [4.69, 9.17) is 0 Å². The van der Waals surface area contributed by atoms with Crippen LogP contribution in [0.3, 0.4) is 0 Å². The Bertz CT molecular complexity index is 441. The lowest BCUT2D eigenvalue weighted by Crippen LogP contribution is -2.52. The second kappa shape index (κ2) is 10.4. The van der Waals surface area contributed by atoms with Gasteiger partial charge >= 0.3 is 0 Å². The first-order valence-corrected chi connectivity index (χ1v) is 10.4. The van der Waals surface area contributed by atoms with Gasteiger partial charge in [0.2, 0.25) is 0 Å². The van der Waals surface area contributed by atoms with Crippen LogP contribution in [0.1, 0.15) is 27.7 Å². The van der Waals surface area contributed by atoms with Crippen LogP contribution in [0.15, 0.2) is 35.2 Å². The lowest BCUT2D eigenvalue weighted by molar-refractivity contribution is 0.115. The van der Waals surface area contributed by atoms with Crippen LogP contribution in [0.2, 0.25) is 0 Å². The molecule has 1 saturated heterocycles. The summed E-state index contributed by atoms with van der Waals surface area (Å²) in [6.07, 6.45) is 0. The highest BCUT2D eigenvalue weighted by molar-refractivity contribution is 7.99. The van der Waals surface area contributed by atoms with Crippen molar-refractivity contribution in [3.63, 3.8) is 0 Å². The number of hydrogen-bond donors (Lipinski definition) is 1. The van der Waals surface area contributed by atoms with Gasteiger partial charge in [0.05, 0.1) is 0 Å². The summed E-state index contributed by atoms with van der Waals surface area (Å²) >= 11 is 1.97. The van der Waals surface area contributed by atoms with Crippen LogP contribution < -0.4 is 5.32 Å². The Balaban J connectivity index is 1.78. The van der Waals surface area contributed by atoms with Gasteiger partial charge in [0.1, 0.15) is 0 Å². The van der Waals surface area contributed by atoms with Crippen LogP contribution in [0.5, 0.6) is 0 Å². The van der Waals surface area contributed by atoms with Crippen LogP contribution in [0.25, 0.3) is 0 Å². The Morgan fingerprint density at radius 2 is 1.50 bits per heavy atom. The molecule has 0 radical (unpaired) electrons. The summed E-state index contributed by atoms with van der Waals surface area (Å²) in [4.78, 5) is 6.63. The predicted octanol–water partition coefficient (Wildman–Crippen LogP) is 3.42. The quantitative estimate of drug-likeness (QED) is 0.688. The number of nitrogens with one attached hydrogen (secondary N) is 1. The number of piperazine rings is 1. The van der Waals surface area contributed by atoms with Gasteiger partial charge in [-0.1, -0.05) is 45.9 Å². The topological polar surface area (TPSA) is 18.5 Å². The lowest BCUT2D eigenvalue weighted by atomic mass is 10.2. The third-order valence-corrected chi connectivity index (χ3v) is 5.50. The standard InChI is InChI=1S/C20H35N3S/c1-17(2)14-22-10-12-23(13-11-22)15-19(21-18(3)4)16-24-20-8-6-5-7-9-20/h5-9,17-19,21H,10-16H2,1-4H3. The summed E-state index contributed by atoms with van der Waals surface area (Å²) in [6, 6.07) is 11.8. The van der Waals surface area contributed by atoms with E-state index < -0.39 is 0 Å². The van der Waals surface area contributed by atoms with E-state index in [2.05, 4.69) is 73.1 Å². The molecule has 3 nitrogen and oxygen atoms in total. The molecule has 24 heavy (non-hydrogen) atoms. The zero-order valence-corrected chi connectivity index (χ0v) is 16.7. The molecule has 1 aromatic carbocycles. The van der Waals surface area contributed by atoms with Crippen LogP contribution in [0, 0.1) is 5.92 Å². The van der Waals surface area contributed by atoms with E-state index in [1.54, 1.807) is 0 Å². The van der Waals surface area contributed by atoms with Crippen LogP contribution in [0.4, 0.5) is 0 Å². The largest absolute Gasteiger partial charge is 0.310 e. The van der Waals surface area contributed by atoms with Crippen molar-refractivity contribution >= 4 is 11.8 Å². The Labute approximate surface area is 153 Å². The molecule has 4 heteroatoms. The zero-order valence-electron chi connectivity index (χ0n) is 15.9. The lowest BCUT2D eigenvalue weighted by Gasteiger charge is -2.37. The molecular formula is C20H35N3S. The van der Waals surface area contributed by atoms with E-state index in [1.165, 1.54) is 37.6 Å². The van der Waals surface area contributed by atoms with Crippen LogP contribution in [-0.2, 0) is 0 Å². The molecule has 1 aliphatic rings. The molecule has 2 rings (SSSR count). The van der Waals surface area contributed by atoms with Gasteiger partial charge in [-0.05, 0) is 18.1 Å². The van der Waals surface area contributed by atoms with Crippen molar-refractivity contribution in [2.75, 3.05) is 45.0 Å². The van der Waals surface area contributed by atoms with E-state index >= 15 is 0 Å². The molecule has 1 N–H and O–H groups in total. The van der Waals surface area contributed by atoms with E-state index in [0.717, 1.165) is 18.2 Å². The minimum absolute atomic E-state index is 0.536. The van der Waals surface area contributed by atoms with Crippen LogP contribution in [-0.4, -0.2) is 66.9 Å². The molecule has 0 amide bonds. The molecule has 0 aromatic heterocycles. The van der Waals surface area contributed by atoms with Gasteiger partial charge in [-0.2, -0.15) is 0 Å². The molecule has 0 saturated carbocycles. The first-order chi connectivity index (χ1) is 11.5. The van der Waals surface area contributed by atoms with E-state index in [9.17, 15) is 0 Å². The molecule has 1 fully saturated rings. The van der Waals surface area contributed by atoms with Gasteiger partial charge in [0.25, 0.3) is 0 Å². The summed E-state index contributed by atoms with van der Waals surface area (Å²) in [5.74, 6) is 1.91. The SMILES string of the molecule is CC(C)CN1CCN(CC(CSc2ccccc2)NC(C)C)CC1. The Morgan fingerprint density at radius 1 is 0.917 bits per heavy atom. The van der Waals surface area contributed by atoms with E-state index in [1.807, 2.05) is 11.8 Å². The number of rotatable bonds is 9. The summed E-state index contributed by atoms with van der Waals surface area (Å²) < 4.78 is 0. The fourth-order valence-corrected chi connectivity index (χ4v) is 4.27. The van der Waals surface area contributed by atoms with Gasteiger partial charge in [-0.15, -0.1) is 11.8 Å². The summed E-state index contributed by atoms with van der Waals surface area (Å²) in [5.41, 5.74) is 0. The smallest absolute Gasteiger partial charge is 0.0291 e. The molecule has 1 aliphatic heterocycles. The predicted molar refractivity (Wildman–Crippen MR) is 107 cm³/mol. The first-order valence-electron chi connectivity index (χ1n) is 9.41. The average Bonchev–Trinajstić information content (AvgIpc) is 2.54. The Hall–Kier alpha value is -0.550. The molecule has 1 aromatic rings. The highest BCUT2D eigenvalue weighted by atomic mass is 32.2. The highest BCUT2D eigenvalue weighted by Gasteiger charge is 2.21. The number of benzene rings is 1. The first kappa shape index (κ1) is 19.8. The van der Waals surface area contributed by atoms with Gasteiger partial charge in [-0.3, -0.25) is 4.90 Å². The molecule has 0 aliphatic carbocycles. The van der Waals surface area contributed by atoms with E-state index in [-0.39, 0.29) is 0 Å². The Morgan fingerprint density at radius 3 is 2.04 bits per heavy atom. The second-order valence-corrected chi connectivity index (χ2v) is 8.73. The van der Waals surface area contributed by atoms with Crippen molar-refractivity contribution in [2.45, 2.75) is 44.7 Å². The maximum absolute atomic E-state index is 3.76. The molecule has 136 valence electrons. The normalized spacial score (nSPS) is 18.4. The van der Waals surface area contributed by atoms with Crippen molar-refractivity contribution in [1.29, 1.82) is 0 Å². The van der Waals surface area contributed by atoms with Gasteiger partial charge in [-0.25, -0.2) is 0 Å². The maximum atomic E-state index is 3.76. The van der Waals surface area contributed by atoms with Gasteiger partial charge < -0.3 is 10.2 Å². The van der Waals surface area contributed by atoms with Crippen molar-refractivity contribution in [3.05, 3.63) is 30.3 Å². The van der Waals surface area contributed by atoms with Crippen molar-refractivity contribution in [3.8, 4) is 0 Å². The number of nitrogens with zero attached hydrogens (tertiary/aromatic N) is 2. The molecule has 0 spiro atoms. The fourth-order valence-electron chi connectivity index (χ4n) is 3.32. The maximum Gasteiger partial charge on any atom is 0.0291 e. The molecule has 1 unspecified atom stereocenters. The molecule has 0 bridgehead atoms. The van der Waals surface area contributed by atoms with Gasteiger partial charge in [0.15, 0.2) is 0 Å². The number of hydrogen-bond acceptors (Lipinski definition) is 4. The number of thioether (sulfide) groups is 1. The van der Waals surface area contributed by atoms with Crippen molar-refractivity contribution < 1.29 is 0 Å². The molecular weight excluding hydrogens is 314 g/mol. The monoisotopic (exact) mass is 349 g/mol. The Kier molecular flexibility index (Phi) is 8.60. The van der Waals surface area contributed by atoms with E-state index in [0.29, 0.717) is 12.1 Å². The molecule has 1 atom stereocenters. The summed E-state index contributed by atoms with van der Waals surface area (Å²) in [7, 11) is 0. The third-order valence-electron chi connectivity index (χ3n) is 4.33. The minimum atomic E-state index is 0.536. The highest BCUT2D eigenvalue weighted by Crippen LogP contribution is 2.19. The zero-order chi connectivity index (χ0) is 17.4. The van der Waals surface area contributed by atoms with Gasteiger partial charge in [0, 0.05) is 62.0 Å². The average molecular weight is 350 g/mol. The van der Waals surface area contributed by atoms with Crippen LogP contribution >= 0.6 is 11.8 Å². The molecule has 1 heterocycles. The third kappa shape index (κ3) is 7.56. The van der Waals surface area contributed by atoms with Crippen molar-refractivity contribution in [1.82, 2.24) is 15.1 Å². The van der Waals surface area contributed by atoms with Crippen molar-refractivity contribution in [2.24, 2.45) is 5.92 Å².